The average molecular weight is 429 g/mol. The number of aliphatic hydroxyl groups is 1. The van der Waals surface area contributed by atoms with E-state index >= 15 is 0 Å². The van der Waals surface area contributed by atoms with Gasteiger partial charge in [0.2, 0.25) is 5.91 Å². The molecule has 2 aromatic carbocycles. The van der Waals surface area contributed by atoms with Gasteiger partial charge < -0.3 is 20.1 Å². The first-order chi connectivity index (χ1) is 14.4. The number of nitrogens with zero attached hydrogens (tertiary/aromatic N) is 1. The Balaban J connectivity index is 1.96. The van der Waals surface area contributed by atoms with Gasteiger partial charge in [-0.3, -0.25) is 9.59 Å². The molecule has 30 heavy (non-hydrogen) atoms. The van der Waals surface area contributed by atoms with Crippen molar-refractivity contribution in [3.05, 3.63) is 70.4 Å². The molecule has 1 amide bonds. The van der Waals surface area contributed by atoms with Crippen LogP contribution < -0.4 is 5.73 Å². The topological polar surface area (TPSA) is 94.6 Å². The highest BCUT2D eigenvalue weighted by molar-refractivity contribution is 6.32. The molecule has 1 unspecified atom stereocenters. The fourth-order valence-corrected chi connectivity index (χ4v) is 3.85. The van der Waals surface area contributed by atoms with Crippen molar-refractivity contribution in [2.75, 3.05) is 6.61 Å². The number of halogens is 1. The number of carbonyl (C=O) groups excluding carboxylic acids is 2. The molecule has 1 aromatic heterocycles. The average Bonchev–Trinajstić information content (AvgIpc) is 2.98. The van der Waals surface area contributed by atoms with Crippen molar-refractivity contribution < 1.29 is 19.4 Å². The van der Waals surface area contributed by atoms with Crippen LogP contribution in [-0.2, 0) is 27.3 Å². The van der Waals surface area contributed by atoms with Crippen molar-refractivity contribution >= 4 is 34.4 Å². The maximum Gasteiger partial charge on any atom is 0.305 e. The summed E-state index contributed by atoms with van der Waals surface area (Å²) in [6.45, 7) is 2.59. The van der Waals surface area contributed by atoms with Crippen molar-refractivity contribution in [2.45, 2.75) is 38.8 Å². The van der Waals surface area contributed by atoms with Gasteiger partial charge in [0, 0.05) is 29.4 Å². The van der Waals surface area contributed by atoms with Crippen LogP contribution in [0.4, 0.5) is 0 Å². The van der Waals surface area contributed by atoms with Crippen molar-refractivity contribution in [1.29, 1.82) is 0 Å². The Morgan fingerprint density at radius 1 is 1.20 bits per heavy atom. The van der Waals surface area contributed by atoms with Crippen molar-refractivity contribution in [1.82, 2.24) is 4.57 Å². The van der Waals surface area contributed by atoms with Gasteiger partial charge in [-0.15, -0.1) is 0 Å². The van der Waals surface area contributed by atoms with Gasteiger partial charge >= 0.3 is 5.97 Å². The van der Waals surface area contributed by atoms with Crippen LogP contribution in [0, 0.1) is 0 Å². The predicted octanol–water partition coefficient (Wildman–Crippen LogP) is 3.75. The maximum atomic E-state index is 11.6. The summed E-state index contributed by atoms with van der Waals surface area (Å²) in [6, 6.07) is 15.4. The van der Waals surface area contributed by atoms with Gasteiger partial charge in [0.05, 0.1) is 19.1 Å². The molecular formula is C23H25ClN2O4. The second kappa shape index (κ2) is 9.78. The number of benzene rings is 2. The van der Waals surface area contributed by atoms with E-state index in [9.17, 15) is 14.7 Å². The first-order valence-electron chi connectivity index (χ1n) is 9.87. The molecular weight excluding hydrogens is 404 g/mol. The zero-order valence-electron chi connectivity index (χ0n) is 16.8. The van der Waals surface area contributed by atoms with Crippen LogP contribution in [0.2, 0.25) is 5.15 Å². The first-order valence-corrected chi connectivity index (χ1v) is 10.2. The molecule has 3 aromatic rings. The molecule has 0 saturated heterocycles. The highest BCUT2D eigenvalue weighted by atomic mass is 35.5. The zero-order valence-corrected chi connectivity index (χ0v) is 17.6. The summed E-state index contributed by atoms with van der Waals surface area (Å²) in [5.74, 6) is -0.826. The Morgan fingerprint density at radius 3 is 2.60 bits per heavy atom. The first kappa shape index (κ1) is 21.9. The van der Waals surface area contributed by atoms with Crippen LogP contribution in [0.1, 0.15) is 42.6 Å². The highest BCUT2D eigenvalue weighted by Crippen LogP contribution is 2.34. The maximum absolute atomic E-state index is 11.6. The van der Waals surface area contributed by atoms with Gasteiger partial charge in [0.25, 0.3) is 0 Å². The lowest BCUT2D eigenvalue weighted by molar-refractivity contribution is -0.143. The number of ether oxygens (including phenoxy) is 1. The minimum Gasteiger partial charge on any atom is -0.466 e. The molecule has 0 aliphatic heterocycles. The minimum absolute atomic E-state index is 0.000498. The molecule has 0 bridgehead atoms. The number of nitrogens with two attached hydrogens (primary N) is 1. The van der Waals surface area contributed by atoms with E-state index in [1.807, 2.05) is 53.1 Å². The number of hydrogen-bond acceptors (Lipinski definition) is 4. The lowest BCUT2D eigenvalue weighted by Crippen LogP contribution is -2.14. The smallest absolute Gasteiger partial charge is 0.305 e. The van der Waals surface area contributed by atoms with Gasteiger partial charge in [-0.1, -0.05) is 48.0 Å². The van der Waals surface area contributed by atoms with Crippen molar-refractivity contribution in [2.24, 2.45) is 5.73 Å². The van der Waals surface area contributed by atoms with E-state index in [1.54, 1.807) is 6.92 Å². The Labute approximate surface area is 180 Å². The molecule has 0 aliphatic rings. The quantitative estimate of drug-likeness (QED) is 0.507. The van der Waals surface area contributed by atoms with Crippen LogP contribution in [0.5, 0.6) is 0 Å². The SMILES string of the molecule is CCOC(=O)CCC(O)c1ccc2c(c1)c(CC(N)=O)c(Cl)n2Cc1ccccc1. The molecule has 1 heterocycles. The van der Waals surface area contributed by atoms with Gasteiger partial charge in [-0.2, -0.15) is 0 Å². The Morgan fingerprint density at radius 2 is 1.93 bits per heavy atom. The lowest BCUT2D eigenvalue weighted by Gasteiger charge is -2.12. The second-order valence-electron chi connectivity index (χ2n) is 7.12. The number of esters is 1. The normalized spacial score (nSPS) is 12.1. The van der Waals surface area contributed by atoms with E-state index in [1.165, 1.54) is 0 Å². The molecule has 3 rings (SSSR count). The molecule has 6 nitrogen and oxygen atoms in total. The molecule has 0 saturated carbocycles. The van der Waals surface area contributed by atoms with Crippen molar-refractivity contribution in [3.63, 3.8) is 0 Å². The largest absolute Gasteiger partial charge is 0.466 e. The number of carbonyl (C=O) groups is 2. The number of aromatic nitrogens is 1. The summed E-state index contributed by atoms with van der Waals surface area (Å²) < 4.78 is 6.84. The molecule has 0 radical (unpaired) electrons. The fraction of sp³-hybridized carbons (Fsp3) is 0.304. The van der Waals surface area contributed by atoms with E-state index < -0.39 is 12.0 Å². The summed E-state index contributed by atoms with van der Waals surface area (Å²) >= 11 is 6.65. The second-order valence-corrected chi connectivity index (χ2v) is 7.48. The standard InChI is InChI=1S/C23H25ClN2O4/c1-2-30-22(29)11-10-20(27)16-8-9-19-17(12-16)18(13-21(25)28)23(24)26(19)14-15-6-4-3-5-7-15/h3-9,12,20,27H,2,10-11,13-14H2,1H3,(H2,25,28). The summed E-state index contributed by atoms with van der Waals surface area (Å²) in [7, 11) is 0. The van der Waals surface area contributed by atoms with Gasteiger partial charge in [0.15, 0.2) is 0 Å². The number of fused-ring (bicyclic) bond motifs is 1. The van der Waals surface area contributed by atoms with Gasteiger partial charge in [-0.25, -0.2) is 0 Å². The lowest BCUT2D eigenvalue weighted by atomic mass is 10.0. The van der Waals surface area contributed by atoms with Gasteiger partial charge in [0.1, 0.15) is 5.15 Å². The van der Waals surface area contributed by atoms with Crippen LogP contribution in [0.25, 0.3) is 10.9 Å². The molecule has 0 aliphatic carbocycles. The Bertz CT molecular complexity index is 1050. The van der Waals surface area contributed by atoms with E-state index in [-0.39, 0.29) is 25.2 Å². The third kappa shape index (κ3) is 5.01. The summed E-state index contributed by atoms with van der Waals surface area (Å²) in [4.78, 5) is 23.2. The third-order valence-corrected chi connectivity index (χ3v) is 5.40. The number of amides is 1. The van der Waals surface area contributed by atoms with Crippen LogP contribution in [-0.4, -0.2) is 28.2 Å². The summed E-state index contributed by atoms with van der Waals surface area (Å²) in [5.41, 5.74) is 8.64. The van der Waals surface area contributed by atoms with Crippen LogP contribution in [0.15, 0.2) is 48.5 Å². The molecule has 158 valence electrons. The van der Waals surface area contributed by atoms with E-state index in [4.69, 9.17) is 22.1 Å². The van der Waals surface area contributed by atoms with E-state index in [2.05, 4.69) is 0 Å². The Kier molecular flexibility index (Phi) is 7.13. The fourth-order valence-electron chi connectivity index (χ4n) is 3.54. The van der Waals surface area contributed by atoms with Crippen LogP contribution >= 0.6 is 11.6 Å². The number of aliphatic hydroxyl groups excluding tert-OH is 1. The molecule has 3 N–H and O–H groups in total. The molecule has 1 atom stereocenters. The summed E-state index contributed by atoms with van der Waals surface area (Å²) in [5, 5.41) is 11.8. The zero-order chi connectivity index (χ0) is 21.7. The Hall–Kier alpha value is -2.83. The van der Waals surface area contributed by atoms with E-state index in [0.717, 1.165) is 16.5 Å². The van der Waals surface area contributed by atoms with Crippen molar-refractivity contribution in [3.8, 4) is 0 Å². The number of primary amides is 1. The number of rotatable bonds is 9. The monoisotopic (exact) mass is 428 g/mol. The minimum atomic E-state index is -0.837. The molecule has 0 spiro atoms. The molecule has 7 heteroatoms. The van der Waals surface area contributed by atoms with Crippen LogP contribution in [0.3, 0.4) is 0 Å². The highest BCUT2D eigenvalue weighted by Gasteiger charge is 2.20. The number of hydrogen-bond donors (Lipinski definition) is 2. The molecule has 0 fully saturated rings. The third-order valence-electron chi connectivity index (χ3n) is 4.97. The summed E-state index contributed by atoms with van der Waals surface area (Å²) in [6.07, 6.45) is -0.471. The predicted molar refractivity (Wildman–Crippen MR) is 116 cm³/mol. The van der Waals surface area contributed by atoms with E-state index in [0.29, 0.717) is 29.4 Å². The van der Waals surface area contributed by atoms with Gasteiger partial charge in [-0.05, 0) is 36.6 Å².